The number of rotatable bonds is 8. The Morgan fingerprint density at radius 2 is 2.07 bits per heavy atom. The zero-order valence-electron chi connectivity index (χ0n) is 18.3. The van der Waals surface area contributed by atoms with E-state index in [0.717, 1.165) is 62.4 Å². The van der Waals surface area contributed by atoms with E-state index >= 15 is 0 Å². The topological polar surface area (TPSA) is 74.9 Å². The first-order valence-electron chi connectivity index (χ1n) is 10.4. The summed E-state index contributed by atoms with van der Waals surface area (Å²) >= 11 is 1.81. The predicted molar refractivity (Wildman–Crippen MR) is 133 cm³/mol. The summed E-state index contributed by atoms with van der Waals surface area (Å²) in [6, 6.07) is 4.66. The van der Waals surface area contributed by atoms with E-state index < -0.39 is 0 Å². The number of nitrogens with zero attached hydrogens (tertiary/aromatic N) is 3. The van der Waals surface area contributed by atoms with Crippen molar-refractivity contribution in [2.24, 2.45) is 4.99 Å². The number of ether oxygens (including phenoxy) is 1. The fraction of sp³-hybridized carbons (Fsp3) is 0.619. The number of hydrogen-bond acceptors (Lipinski definition) is 6. The van der Waals surface area contributed by atoms with Crippen LogP contribution in [0.15, 0.2) is 27.0 Å². The zero-order chi connectivity index (χ0) is 20.6. The Morgan fingerprint density at radius 1 is 1.30 bits per heavy atom. The van der Waals surface area contributed by atoms with E-state index in [4.69, 9.17) is 14.3 Å². The van der Waals surface area contributed by atoms with Crippen LogP contribution in [0, 0.1) is 13.8 Å². The maximum Gasteiger partial charge on any atom is 0.191 e. The summed E-state index contributed by atoms with van der Waals surface area (Å²) in [5, 5.41) is 13.2. The second-order valence-electron chi connectivity index (χ2n) is 7.42. The van der Waals surface area contributed by atoms with Crippen molar-refractivity contribution in [3.63, 3.8) is 0 Å². The van der Waals surface area contributed by atoms with E-state index in [0.29, 0.717) is 12.6 Å². The number of hydrogen-bond donors (Lipinski definition) is 2. The lowest BCUT2D eigenvalue weighted by Gasteiger charge is -2.34. The average Bonchev–Trinajstić information content (AvgIpc) is 3.37. The standard InChI is InChI=1S/C21H33N5O2S.HI/c1-5-22-21(23-13-15(2)20-16(3)25-28-17(20)4)24-14-18(19-7-6-12-29-19)26-8-10-27-11-9-26;/h6-7,12,15,18H,5,8-11,13-14H2,1-4H3,(H2,22,23,24);1H. The molecule has 0 bridgehead atoms. The Kier molecular flexibility index (Phi) is 10.6. The molecule has 2 unspecified atom stereocenters. The molecule has 2 aromatic heterocycles. The first-order chi connectivity index (χ1) is 14.1. The monoisotopic (exact) mass is 547 g/mol. The molecule has 9 heteroatoms. The van der Waals surface area contributed by atoms with Crippen LogP contribution >= 0.6 is 35.3 Å². The van der Waals surface area contributed by atoms with Gasteiger partial charge in [0.25, 0.3) is 0 Å². The molecule has 7 nitrogen and oxygen atoms in total. The summed E-state index contributed by atoms with van der Waals surface area (Å²) in [5.74, 6) is 1.98. The van der Waals surface area contributed by atoms with Crippen LogP contribution in [0.4, 0.5) is 0 Å². The van der Waals surface area contributed by atoms with Crippen LogP contribution in [0.25, 0.3) is 0 Å². The van der Waals surface area contributed by atoms with E-state index in [-0.39, 0.29) is 29.9 Å². The molecule has 3 rings (SSSR count). The van der Waals surface area contributed by atoms with Crippen molar-refractivity contribution >= 4 is 41.3 Å². The van der Waals surface area contributed by atoms with Gasteiger partial charge in [0.15, 0.2) is 5.96 Å². The molecule has 0 amide bonds. The molecule has 168 valence electrons. The first kappa shape index (κ1) is 25.1. The fourth-order valence-electron chi connectivity index (χ4n) is 3.83. The van der Waals surface area contributed by atoms with Crippen molar-refractivity contribution in [3.8, 4) is 0 Å². The van der Waals surface area contributed by atoms with Gasteiger partial charge in [-0.3, -0.25) is 9.89 Å². The fourth-order valence-corrected chi connectivity index (χ4v) is 4.69. The SMILES string of the molecule is CCNC(=NCC(C)c1c(C)noc1C)NCC(c1cccs1)N1CCOCC1.I. The van der Waals surface area contributed by atoms with Crippen LogP contribution in [0.1, 0.15) is 47.7 Å². The summed E-state index contributed by atoms with van der Waals surface area (Å²) in [6.07, 6.45) is 0. The van der Waals surface area contributed by atoms with Crippen molar-refractivity contribution in [1.82, 2.24) is 20.7 Å². The van der Waals surface area contributed by atoms with Crippen LogP contribution < -0.4 is 10.6 Å². The summed E-state index contributed by atoms with van der Waals surface area (Å²) in [4.78, 5) is 8.71. The van der Waals surface area contributed by atoms with Gasteiger partial charge in [0.1, 0.15) is 5.76 Å². The molecule has 2 atom stereocenters. The van der Waals surface area contributed by atoms with Gasteiger partial charge in [-0.2, -0.15) is 0 Å². The quantitative estimate of drug-likeness (QED) is 0.298. The lowest BCUT2D eigenvalue weighted by atomic mass is 10.00. The van der Waals surface area contributed by atoms with E-state index in [1.54, 1.807) is 0 Å². The number of guanidine groups is 1. The third kappa shape index (κ3) is 6.66. The van der Waals surface area contributed by atoms with Gasteiger partial charge in [0.2, 0.25) is 0 Å². The first-order valence-corrected chi connectivity index (χ1v) is 11.3. The number of halogens is 1. The molecule has 30 heavy (non-hydrogen) atoms. The molecule has 2 N–H and O–H groups in total. The second kappa shape index (κ2) is 12.6. The predicted octanol–water partition coefficient (Wildman–Crippen LogP) is 3.70. The second-order valence-corrected chi connectivity index (χ2v) is 8.40. The van der Waals surface area contributed by atoms with E-state index in [1.807, 2.05) is 25.2 Å². The highest BCUT2D eigenvalue weighted by atomic mass is 127. The third-order valence-electron chi connectivity index (χ3n) is 5.27. The van der Waals surface area contributed by atoms with E-state index in [1.165, 1.54) is 4.88 Å². The van der Waals surface area contributed by atoms with Crippen molar-refractivity contribution in [1.29, 1.82) is 0 Å². The molecule has 0 aromatic carbocycles. The molecule has 1 saturated heterocycles. The Morgan fingerprint density at radius 3 is 2.67 bits per heavy atom. The molecule has 0 radical (unpaired) electrons. The number of morpholine rings is 1. The minimum atomic E-state index is 0. The van der Waals surface area contributed by atoms with Crippen LogP contribution in [0.2, 0.25) is 0 Å². The van der Waals surface area contributed by atoms with Gasteiger partial charge in [-0.1, -0.05) is 18.1 Å². The molecule has 1 fully saturated rings. The summed E-state index contributed by atoms with van der Waals surface area (Å²) in [5.41, 5.74) is 2.11. The molecule has 0 spiro atoms. The van der Waals surface area contributed by atoms with Crippen molar-refractivity contribution in [2.75, 3.05) is 45.9 Å². The van der Waals surface area contributed by atoms with Crippen LogP contribution in [-0.4, -0.2) is 62.0 Å². The number of nitrogens with one attached hydrogen (secondary N) is 2. The molecular formula is C21H34IN5O2S. The molecular weight excluding hydrogens is 513 g/mol. The Bertz CT molecular complexity index is 755. The zero-order valence-corrected chi connectivity index (χ0v) is 21.5. The van der Waals surface area contributed by atoms with Gasteiger partial charge in [-0.05, 0) is 32.2 Å². The van der Waals surface area contributed by atoms with Crippen LogP contribution in [0.5, 0.6) is 0 Å². The van der Waals surface area contributed by atoms with Gasteiger partial charge in [0.05, 0.1) is 24.9 Å². The summed E-state index contributed by atoms with van der Waals surface area (Å²) in [7, 11) is 0. The minimum absolute atomic E-state index is 0. The summed E-state index contributed by atoms with van der Waals surface area (Å²) < 4.78 is 10.9. The van der Waals surface area contributed by atoms with Gasteiger partial charge >= 0.3 is 0 Å². The van der Waals surface area contributed by atoms with Gasteiger partial charge in [0, 0.05) is 49.1 Å². The molecule has 0 saturated carbocycles. The number of aliphatic imine (C=N–C) groups is 1. The van der Waals surface area contributed by atoms with Crippen LogP contribution in [-0.2, 0) is 4.74 Å². The smallest absolute Gasteiger partial charge is 0.191 e. The summed E-state index contributed by atoms with van der Waals surface area (Å²) in [6.45, 7) is 14.0. The molecule has 0 aliphatic carbocycles. The number of aryl methyl sites for hydroxylation is 2. The van der Waals surface area contributed by atoms with Gasteiger partial charge < -0.3 is 19.9 Å². The molecule has 1 aliphatic rings. The highest BCUT2D eigenvalue weighted by molar-refractivity contribution is 14.0. The number of aromatic nitrogens is 1. The minimum Gasteiger partial charge on any atom is -0.379 e. The van der Waals surface area contributed by atoms with Gasteiger partial charge in [-0.25, -0.2) is 0 Å². The van der Waals surface area contributed by atoms with Crippen molar-refractivity contribution in [3.05, 3.63) is 39.4 Å². The molecule has 2 aromatic rings. The van der Waals surface area contributed by atoms with Gasteiger partial charge in [-0.15, -0.1) is 35.3 Å². The van der Waals surface area contributed by atoms with Crippen LogP contribution in [0.3, 0.4) is 0 Å². The Balaban J connectivity index is 0.00000320. The van der Waals surface area contributed by atoms with E-state index in [9.17, 15) is 0 Å². The normalized spacial score (nSPS) is 17.3. The largest absolute Gasteiger partial charge is 0.379 e. The lowest BCUT2D eigenvalue weighted by Crippen LogP contribution is -2.46. The molecule has 1 aliphatic heterocycles. The Labute approximate surface area is 200 Å². The lowest BCUT2D eigenvalue weighted by molar-refractivity contribution is 0.0177. The maximum absolute atomic E-state index is 5.54. The van der Waals surface area contributed by atoms with E-state index in [2.05, 4.69) is 52.1 Å². The highest BCUT2D eigenvalue weighted by Crippen LogP contribution is 2.26. The Hall–Kier alpha value is -1.17. The number of thiophene rings is 1. The molecule has 3 heterocycles. The maximum atomic E-state index is 5.54. The third-order valence-corrected chi connectivity index (χ3v) is 6.24. The van der Waals surface area contributed by atoms with Crippen molar-refractivity contribution in [2.45, 2.75) is 39.7 Å². The average molecular weight is 548 g/mol. The highest BCUT2D eigenvalue weighted by Gasteiger charge is 2.24. The van der Waals surface area contributed by atoms with Crippen molar-refractivity contribution < 1.29 is 9.26 Å².